The molecule has 19 heavy (non-hydrogen) atoms. The zero-order valence-corrected chi connectivity index (χ0v) is 12.5. The Labute approximate surface area is 122 Å². The second kappa shape index (κ2) is 5.31. The molecule has 0 saturated carbocycles. The predicted molar refractivity (Wildman–Crippen MR) is 81.5 cm³/mol. The first-order valence-corrected chi connectivity index (χ1v) is 6.71. The zero-order valence-electron chi connectivity index (χ0n) is 11.0. The highest BCUT2D eigenvalue weighted by molar-refractivity contribution is 6.35. The van der Waals surface area contributed by atoms with Crippen LogP contribution >= 0.6 is 23.2 Å². The number of aryl methyl sites for hydroxylation is 1. The third-order valence-electron chi connectivity index (χ3n) is 2.75. The van der Waals surface area contributed by atoms with E-state index in [1.807, 2.05) is 25.5 Å². The highest BCUT2D eigenvalue weighted by Crippen LogP contribution is 2.31. The fourth-order valence-corrected chi connectivity index (χ4v) is 2.35. The molecule has 0 radical (unpaired) electrons. The molecule has 6 heteroatoms. The summed E-state index contributed by atoms with van der Waals surface area (Å²) in [6.45, 7) is 5.97. The van der Waals surface area contributed by atoms with E-state index in [1.54, 1.807) is 18.2 Å². The van der Waals surface area contributed by atoms with E-state index in [9.17, 15) is 0 Å². The summed E-state index contributed by atoms with van der Waals surface area (Å²) in [6.07, 6.45) is 0. The van der Waals surface area contributed by atoms with Crippen LogP contribution in [-0.4, -0.2) is 9.78 Å². The summed E-state index contributed by atoms with van der Waals surface area (Å²) in [6, 6.07) is 5.47. The average molecular weight is 299 g/mol. The normalized spacial score (nSPS) is 11.1. The first-order valence-electron chi connectivity index (χ1n) is 5.96. The van der Waals surface area contributed by atoms with Crippen molar-refractivity contribution < 1.29 is 0 Å². The van der Waals surface area contributed by atoms with E-state index in [1.165, 1.54) is 0 Å². The van der Waals surface area contributed by atoms with Gasteiger partial charge in [-0.15, -0.1) is 0 Å². The molecular weight excluding hydrogens is 283 g/mol. The molecule has 0 amide bonds. The molecule has 0 bridgehead atoms. The van der Waals surface area contributed by atoms with Crippen molar-refractivity contribution >= 4 is 40.4 Å². The number of nitrogen functional groups attached to an aromatic ring is 1. The van der Waals surface area contributed by atoms with Gasteiger partial charge in [-0.05, 0) is 39.0 Å². The molecule has 2 aromatic rings. The van der Waals surface area contributed by atoms with E-state index in [0.29, 0.717) is 15.7 Å². The van der Waals surface area contributed by atoms with E-state index in [0.717, 1.165) is 17.2 Å². The van der Waals surface area contributed by atoms with Gasteiger partial charge in [0.25, 0.3) is 0 Å². The van der Waals surface area contributed by atoms with Crippen LogP contribution in [0.3, 0.4) is 0 Å². The monoisotopic (exact) mass is 298 g/mol. The molecule has 1 aromatic carbocycles. The number of hydrogen-bond acceptors (Lipinski definition) is 3. The van der Waals surface area contributed by atoms with E-state index in [4.69, 9.17) is 28.9 Å². The third kappa shape index (κ3) is 2.96. The van der Waals surface area contributed by atoms with Crippen molar-refractivity contribution in [2.24, 2.45) is 0 Å². The molecule has 3 N–H and O–H groups in total. The highest BCUT2D eigenvalue weighted by atomic mass is 35.5. The molecule has 1 aromatic heterocycles. The Morgan fingerprint density at radius 2 is 1.79 bits per heavy atom. The number of halogens is 2. The van der Waals surface area contributed by atoms with Gasteiger partial charge >= 0.3 is 0 Å². The van der Waals surface area contributed by atoms with Gasteiger partial charge in [0.15, 0.2) is 5.82 Å². The quantitative estimate of drug-likeness (QED) is 0.883. The summed E-state index contributed by atoms with van der Waals surface area (Å²) < 4.78 is 1.85. The van der Waals surface area contributed by atoms with Gasteiger partial charge in [-0.25, -0.2) is 4.68 Å². The van der Waals surface area contributed by atoms with Gasteiger partial charge in [0.1, 0.15) is 0 Å². The number of rotatable bonds is 3. The summed E-state index contributed by atoms with van der Waals surface area (Å²) in [4.78, 5) is 0. The minimum atomic E-state index is 0.202. The van der Waals surface area contributed by atoms with Crippen molar-refractivity contribution in [2.45, 2.75) is 26.8 Å². The summed E-state index contributed by atoms with van der Waals surface area (Å²) in [5.74, 6) is 0.755. The number of benzene rings is 1. The minimum absolute atomic E-state index is 0.202. The van der Waals surface area contributed by atoms with E-state index in [-0.39, 0.29) is 6.04 Å². The fourth-order valence-electron chi connectivity index (χ4n) is 1.82. The first kappa shape index (κ1) is 14.0. The Bertz CT molecular complexity index is 585. The van der Waals surface area contributed by atoms with Gasteiger partial charge in [-0.1, -0.05) is 23.2 Å². The summed E-state index contributed by atoms with van der Waals surface area (Å²) in [5, 5.41) is 8.79. The van der Waals surface area contributed by atoms with Gasteiger partial charge in [-0.3, -0.25) is 0 Å². The number of hydrogen-bond donors (Lipinski definition) is 2. The third-order valence-corrected chi connectivity index (χ3v) is 3.18. The smallest absolute Gasteiger partial charge is 0.152 e. The molecule has 4 nitrogen and oxygen atoms in total. The Morgan fingerprint density at radius 3 is 2.32 bits per heavy atom. The standard InChI is InChI=1S/C13H16Cl2N4/c1-7(2)19-13(12(16)8(3)18-19)17-11-5-9(14)4-10(15)6-11/h4-7,17H,16H2,1-3H3. The maximum Gasteiger partial charge on any atom is 0.152 e. The molecular formula is C13H16Cl2N4. The maximum absolute atomic E-state index is 6.05. The van der Waals surface area contributed by atoms with Crippen LogP contribution < -0.4 is 11.1 Å². The van der Waals surface area contributed by atoms with Gasteiger partial charge in [-0.2, -0.15) is 5.10 Å². The van der Waals surface area contributed by atoms with Gasteiger partial charge < -0.3 is 11.1 Å². The van der Waals surface area contributed by atoms with Crippen LogP contribution in [0.5, 0.6) is 0 Å². The van der Waals surface area contributed by atoms with Crippen molar-refractivity contribution in [3.8, 4) is 0 Å². The maximum atomic E-state index is 6.05. The van der Waals surface area contributed by atoms with Crippen LogP contribution in [0.15, 0.2) is 18.2 Å². The lowest BCUT2D eigenvalue weighted by molar-refractivity contribution is 0.536. The minimum Gasteiger partial charge on any atom is -0.394 e. The largest absolute Gasteiger partial charge is 0.394 e. The van der Waals surface area contributed by atoms with Gasteiger partial charge in [0, 0.05) is 21.8 Å². The fraction of sp³-hybridized carbons (Fsp3) is 0.308. The molecule has 0 aliphatic heterocycles. The topological polar surface area (TPSA) is 55.9 Å². The van der Waals surface area contributed by atoms with Gasteiger partial charge in [0.2, 0.25) is 0 Å². The van der Waals surface area contributed by atoms with Crippen LogP contribution in [0.4, 0.5) is 17.2 Å². The number of nitrogens with one attached hydrogen (secondary N) is 1. The average Bonchev–Trinajstić information content (AvgIpc) is 2.56. The van der Waals surface area contributed by atoms with E-state index >= 15 is 0 Å². The lowest BCUT2D eigenvalue weighted by Crippen LogP contribution is -2.08. The number of nitrogens with two attached hydrogens (primary N) is 1. The summed E-state index contributed by atoms with van der Waals surface area (Å²) >= 11 is 12.0. The van der Waals surface area contributed by atoms with Crippen molar-refractivity contribution in [1.82, 2.24) is 9.78 Å². The van der Waals surface area contributed by atoms with Crippen LogP contribution in [0.25, 0.3) is 0 Å². The first-order chi connectivity index (χ1) is 8.88. The second-order valence-corrected chi connectivity index (χ2v) is 5.54. The molecule has 0 saturated heterocycles. The van der Waals surface area contributed by atoms with Crippen LogP contribution in [0.1, 0.15) is 25.6 Å². The Morgan fingerprint density at radius 1 is 1.21 bits per heavy atom. The molecule has 2 rings (SSSR count). The molecule has 0 fully saturated rings. The van der Waals surface area contributed by atoms with Gasteiger partial charge in [0.05, 0.1) is 11.4 Å². The van der Waals surface area contributed by atoms with Crippen molar-refractivity contribution in [3.63, 3.8) is 0 Å². The molecule has 0 aliphatic rings. The van der Waals surface area contributed by atoms with E-state index in [2.05, 4.69) is 10.4 Å². The zero-order chi connectivity index (χ0) is 14.2. The molecule has 102 valence electrons. The number of nitrogens with zero attached hydrogens (tertiary/aromatic N) is 2. The summed E-state index contributed by atoms with van der Waals surface area (Å²) in [5.41, 5.74) is 8.26. The Hall–Kier alpha value is -1.39. The van der Waals surface area contributed by atoms with Crippen LogP contribution in [0, 0.1) is 6.92 Å². The molecule has 1 heterocycles. The highest BCUT2D eigenvalue weighted by Gasteiger charge is 2.15. The van der Waals surface area contributed by atoms with Crippen molar-refractivity contribution in [3.05, 3.63) is 33.9 Å². The SMILES string of the molecule is Cc1nn(C(C)C)c(Nc2cc(Cl)cc(Cl)c2)c1N. The van der Waals surface area contributed by atoms with Crippen LogP contribution in [0.2, 0.25) is 10.0 Å². The summed E-state index contributed by atoms with van der Waals surface area (Å²) in [7, 11) is 0. The molecule has 0 aliphatic carbocycles. The Kier molecular flexibility index (Phi) is 3.92. The molecule has 0 atom stereocenters. The predicted octanol–water partition coefficient (Wildman–Crippen LogP) is 4.41. The lowest BCUT2D eigenvalue weighted by Gasteiger charge is -2.13. The van der Waals surface area contributed by atoms with E-state index < -0.39 is 0 Å². The molecule has 0 spiro atoms. The van der Waals surface area contributed by atoms with Crippen molar-refractivity contribution in [2.75, 3.05) is 11.1 Å². The van der Waals surface area contributed by atoms with Crippen molar-refractivity contribution in [1.29, 1.82) is 0 Å². The van der Waals surface area contributed by atoms with Crippen LogP contribution in [-0.2, 0) is 0 Å². The second-order valence-electron chi connectivity index (χ2n) is 4.67. The number of anilines is 3. The Balaban J connectivity index is 2.42. The number of aromatic nitrogens is 2. The molecule has 0 unspecified atom stereocenters. The lowest BCUT2D eigenvalue weighted by atomic mass is 10.3.